The molecule has 0 bridgehead atoms. The summed E-state index contributed by atoms with van der Waals surface area (Å²) >= 11 is 0. The monoisotopic (exact) mass is 190 g/mol. The molecule has 2 heteroatoms. The highest BCUT2D eigenvalue weighted by atomic mass is 16.5. The van der Waals surface area contributed by atoms with Crippen LogP contribution in [0.5, 0.6) is 5.75 Å². The van der Waals surface area contributed by atoms with Gasteiger partial charge >= 0.3 is 5.97 Å². The molecule has 74 valence electrons. The van der Waals surface area contributed by atoms with E-state index in [1.165, 1.54) is 0 Å². The normalized spacial score (nSPS) is 9.64. The zero-order valence-corrected chi connectivity index (χ0v) is 8.76. The first kappa shape index (κ1) is 10.5. The van der Waals surface area contributed by atoms with E-state index in [4.69, 9.17) is 4.74 Å². The lowest BCUT2D eigenvalue weighted by Gasteiger charge is -2.09. The minimum atomic E-state index is -0.373. The van der Waals surface area contributed by atoms with Gasteiger partial charge in [0.05, 0.1) is 0 Å². The molecule has 0 aliphatic carbocycles. The molecule has 0 aliphatic rings. The lowest BCUT2D eigenvalue weighted by atomic mass is 10.1. The molecule has 0 aromatic heterocycles. The van der Waals surface area contributed by atoms with E-state index in [0.717, 1.165) is 11.1 Å². The van der Waals surface area contributed by atoms with Crippen LogP contribution < -0.4 is 4.74 Å². The van der Waals surface area contributed by atoms with Crippen molar-refractivity contribution in [3.8, 4) is 5.75 Å². The number of carbonyl (C=O) groups is 1. The molecule has 0 fully saturated rings. The molecule has 14 heavy (non-hydrogen) atoms. The van der Waals surface area contributed by atoms with Crippen molar-refractivity contribution in [2.75, 3.05) is 0 Å². The summed E-state index contributed by atoms with van der Waals surface area (Å²) in [5.74, 6) is 0.267. The minimum absolute atomic E-state index is 0.373. The summed E-state index contributed by atoms with van der Waals surface area (Å²) in [6, 6.07) is 5.75. The molecular formula is C12H14O2. The van der Waals surface area contributed by atoms with Crippen LogP contribution in [0.15, 0.2) is 30.4 Å². The molecule has 1 aromatic rings. The first-order chi connectivity index (χ1) is 6.52. The highest BCUT2D eigenvalue weighted by Gasteiger charge is 2.09. The van der Waals surface area contributed by atoms with Crippen LogP contribution in [0, 0.1) is 13.8 Å². The van der Waals surface area contributed by atoms with Crippen molar-refractivity contribution in [2.45, 2.75) is 20.8 Å². The molecule has 0 atom stereocenters. The average molecular weight is 190 g/mol. The van der Waals surface area contributed by atoms with Gasteiger partial charge in [0, 0.05) is 5.57 Å². The topological polar surface area (TPSA) is 26.3 Å². The third-order valence-electron chi connectivity index (χ3n) is 1.95. The molecule has 0 radical (unpaired) electrons. The Labute approximate surface area is 84.2 Å². The number of hydrogen-bond acceptors (Lipinski definition) is 2. The molecule has 1 aromatic carbocycles. The van der Waals surface area contributed by atoms with Crippen molar-refractivity contribution >= 4 is 5.97 Å². The first-order valence-corrected chi connectivity index (χ1v) is 4.46. The number of para-hydroxylation sites is 1. The molecule has 0 N–H and O–H groups in total. The van der Waals surface area contributed by atoms with Gasteiger partial charge in [-0.2, -0.15) is 0 Å². The second-order valence-corrected chi connectivity index (χ2v) is 3.39. The molecule has 0 heterocycles. The van der Waals surface area contributed by atoms with Gasteiger partial charge in [-0.05, 0) is 31.9 Å². The van der Waals surface area contributed by atoms with E-state index in [1.54, 1.807) is 6.92 Å². The number of hydrogen-bond donors (Lipinski definition) is 0. The molecule has 0 spiro atoms. The molecule has 0 amide bonds. The number of ether oxygens (including phenoxy) is 1. The highest BCUT2D eigenvalue weighted by Crippen LogP contribution is 2.22. The number of carbonyl (C=O) groups excluding carboxylic acids is 1. The Kier molecular flexibility index (Phi) is 3.07. The van der Waals surface area contributed by atoms with Gasteiger partial charge in [0.1, 0.15) is 5.75 Å². The predicted octanol–water partition coefficient (Wildman–Crippen LogP) is 2.78. The van der Waals surface area contributed by atoms with Crippen molar-refractivity contribution in [2.24, 2.45) is 0 Å². The van der Waals surface area contributed by atoms with Crippen molar-refractivity contribution in [1.29, 1.82) is 0 Å². The summed E-state index contributed by atoms with van der Waals surface area (Å²) in [5, 5.41) is 0. The van der Waals surface area contributed by atoms with Gasteiger partial charge in [0.25, 0.3) is 0 Å². The second kappa shape index (κ2) is 4.09. The quantitative estimate of drug-likeness (QED) is 0.407. The van der Waals surface area contributed by atoms with Crippen LogP contribution in [0.3, 0.4) is 0 Å². The van der Waals surface area contributed by atoms with Crippen molar-refractivity contribution in [3.63, 3.8) is 0 Å². The van der Waals surface area contributed by atoms with Gasteiger partial charge in [0.2, 0.25) is 0 Å². The average Bonchev–Trinajstić information content (AvgIpc) is 2.11. The number of benzene rings is 1. The number of esters is 1. The molecule has 0 unspecified atom stereocenters. The molecule has 1 rings (SSSR count). The Balaban J connectivity index is 2.97. The van der Waals surface area contributed by atoms with E-state index < -0.39 is 0 Å². The van der Waals surface area contributed by atoms with Crippen LogP contribution in [0.2, 0.25) is 0 Å². The summed E-state index contributed by atoms with van der Waals surface area (Å²) < 4.78 is 5.20. The predicted molar refractivity (Wildman–Crippen MR) is 56.4 cm³/mol. The summed E-state index contributed by atoms with van der Waals surface area (Å²) in [6.07, 6.45) is 0. The molecule has 2 nitrogen and oxygen atoms in total. The maximum Gasteiger partial charge on any atom is 0.338 e. The molecular weight excluding hydrogens is 176 g/mol. The van der Waals surface area contributed by atoms with Crippen LogP contribution in [0.4, 0.5) is 0 Å². The smallest absolute Gasteiger partial charge is 0.338 e. The first-order valence-electron chi connectivity index (χ1n) is 4.46. The lowest BCUT2D eigenvalue weighted by Crippen LogP contribution is -2.09. The molecule has 0 saturated heterocycles. The standard InChI is InChI=1S/C12H14O2/c1-8(2)12(13)14-11-9(3)6-5-7-10(11)4/h5-7H,1H2,2-4H3. The second-order valence-electron chi connectivity index (χ2n) is 3.39. The maximum absolute atomic E-state index is 11.3. The van der Waals surface area contributed by atoms with E-state index in [0.29, 0.717) is 11.3 Å². The molecule has 0 saturated carbocycles. The van der Waals surface area contributed by atoms with Crippen LogP contribution >= 0.6 is 0 Å². The van der Waals surface area contributed by atoms with E-state index in [9.17, 15) is 4.79 Å². The van der Waals surface area contributed by atoms with E-state index in [1.807, 2.05) is 32.0 Å². The third-order valence-corrected chi connectivity index (χ3v) is 1.95. The van der Waals surface area contributed by atoms with Crippen molar-refractivity contribution in [3.05, 3.63) is 41.5 Å². The fourth-order valence-corrected chi connectivity index (χ4v) is 1.14. The number of aryl methyl sites for hydroxylation is 2. The summed E-state index contributed by atoms with van der Waals surface area (Å²) in [5.41, 5.74) is 2.33. The molecule has 0 aliphatic heterocycles. The van der Waals surface area contributed by atoms with Crippen LogP contribution in [-0.2, 0) is 4.79 Å². The summed E-state index contributed by atoms with van der Waals surface area (Å²) in [6.45, 7) is 8.99. The van der Waals surface area contributed by atoms with E-state index >= 15 is 0 Å². The zero-order valence-electron chi connectivity index (χ0n) is 8.76. The van der Waals surface area contributed by atoms with Gasteiger partial charge in [-0.15, -0.1) is 0 Å². The Morgan fingerprint density at radius 1 is 1.29 bits per heavy atom. The Bertz CT molecular complexity index is 358. The van der Waals surface area contributed by atoms with Crippen LogP contribution in [0.1, 0.15) is 18.1 Å². The summed E-state index contributed by atoms with van der Waals surface area (Å²) in [7, 11) is 0. The SMILES string of the molecule is C=C(C)C(=O)Oc1c(C)cccc1C. The highest BCUT2D eigenvalue weighted by molar-refractivity contribution is 5.89. The minimum Gasteiger partial charge on any atom is -0.423 e. The van der Waals surface area contributed by atoms with E-state index in [2.05, 4.69) is 6.58 Å². The Morgan fingerprint density at radius 2 is 1.79 bits per heavy atom. The van der Waals surface area contributed by atoms with Gasteiger partial charge < -0.3 is 4.74 Å². The van der Waals surface area contributed by atoms with Gasteiger partial charge in [0.15, 0.2) is 0 Å². The fraction of sp³-hybridized carbons (Fsp3) is 0.250. The zero-order chi connectivity index (χ0) is 10.7. The lowest BCUT2D eigenvalue weighted by molar-refractivity contribution is -0.130. The van der Waals surface area contributed by atoms with Gasteiger partial charge in [-0.3, -0.25) is 0 Å². The van der Waals surface area contributed by atoms with Gasteiger partial charge in [-0.25, -0.2) is 4.79 Å². The fourth-order valence-electron chi connectivity index (χ4n) is 1.14. The van der Waals surface area contributed by atoms with Crippen LogP contribution in [-0.4, -0.2) is 5.97 Å². The third kappa shape index (κ3) is 2.22. The van der Waals surface area contributed by atoms with Gasteiger partial charge in [-0.1, -0.05) is 24.8 Å². The summed E-state index contributed by atoms with van der Waals surface area (Å²) in [4.78, 5) is 11.3. The van der Waals surface area contributed by atoms with Crippen LogP contribution in [0.25, 0.3) is 0 Å². The van der Waals surface area contributed by atoms with Crippen molar-refractivity contribution in [1.82, 2.24) is 0 Å². The van der Waals surface area contributed by atoms with Crippen molar-refractivity contribution < 1.29 is 9.53 Å². The maximum atomic E-state index is 11.3. The Morgan fingerprint density at radius 3 is 2.21 bits per heavy atom. The number of rotatable bonds is 2. The largest absolute Gasteiger partial charge is 0.423 e. The van der Waals surface area contributed by atoms with E-state index in [-0.39, 0.29) is 5.97 Å². The Hall–Kier alpha value is -1.57.